The van der Waals surface area contributed by atoms with Crippen LogP contribution >= 0.6 is 0 Å². The first-order valence-corrected chi connectivity index (χ1v) is 8.90. The fourth-order valence-electron chi connectivity index (χ4n) is 2.98. The smallest absolute Gasteiger partial charge is 0.244 e. The SMILES string of the molecule is O=C(Cn1ccc(=O)c2ccccc21)Nc1ccc(Oc2ccccc2)cc1. The van der Waals surface area contributed by atoms with E-state index in [-0.39, 0.29) is 17.9 Å². The topological polar surface area (TPSA) is 60.3 Å². The molecule has 0 unspecified atom stereocenters. The van der Waals surface area contributed by atoms with E-state index in [2.05, 4.69) is 5.32 Å². The summed E-state index contributed by atoms with van der Waals surface area (Å²) in [6.45, 7) is 0.114. The van der Waals surface area contributed by atoms with Gasteiger partial charge >= 0.3 is 0 Å². The van der Waals surface area contributed by atoms with Crippen molar-refractivity contribution in [1.82, 2.24) is 4.57 Å². The van der Waals surface area contributed by atoms with Crippen LogP contribution < -0.4 is 15.5 Å². The van der Waals surface area contributed by atoms with Crippen molar-refractivity contribution in [3.8, 4) is 11.5 Å². The lowest BCUT2D eigenvalue weighted by atomic mass is 10.2. The lowest BCUT2D eigenvalue weighted by Crippen LogP contribution is -2.20. The van der Waals surface area contributed by atoms with Gasteiger partial charge in [0.25, 0.3) is 0 Å². The van der Waals surface area contributed by atoms with Crippen molar-refractivity contribution < 1.29 is 9.53 Å². The molecule has 0 aliphatic rings. The van der Waals surface area contributed by atoms with Crippen molar-refractivity contribution in [2.45, 2.75) is 6.54 Å². The highest BCUT2D eigenvalue weighted by Crippen LogP contribution is 2.22. The number of amides is 1. The van der Waals surface area contributed by atoms with Gasteiger partial charge in [-0.1, -0.05) is 30.3 Å². The van der Waals surface area contributed by atoms with Gasteiger partial charge in [-0.25, -0.2) is 0 Å². The Morgan fingerprint density at radius 2 is 1.50 bits per heavy atom. The van der Waals surface area contributed by atoms with Crippen LogP contribution in [0.25, 0.3) is 10.9 Å². The van der Waals surface area contributed by atoms with Gasteiger partial charge in [-0.05, 0) is 48.5 Å². The summed E-state index contributed by atoms with van der Waals surface area (Å²) in [4.78, 5) is 24.4. The molecular formula is C23H18N2O3. The van der Waals surface area contributed by atoms with Gasteiger partial charge in [-0.15, -0.1) is 0 Å². The summed E-state index contributed by atoms with van der Waals surface area (Å²) >= 11 is 0. The molecule has 0 atom stereocenters. The molecule has 3 aromatic carbocycles. The molecule has 1 heterocycles. The van der Waals surface area contributed by atoms with Gasteiger partial charge in [0.1, 0.15) is 18.0 Å². The molecule has 0 radical (unpaired) electrons. The van der Waals surface area contributed by atoms with Crippen molar-refractivity contribution in [1.29, 1.82) is 0 Å². The van der Waals surface area contributed by atoms with E-state index in [0.29, 0.717) is 16.8 Å². The molecule has 4 rings (SSSR count). The minimum absolute atomic E-state index is 0.0544. The van der Waals surface area contributed by atoms with E-state index in [1.165, 1.54) is 6.07 Å². The van der Waals surface area contributed by atoms with Crippen LogP contribution in [0.2, 0.25) is 0 Å². The summed E-state index contributed by atoms with van der Waals surface area (Å²) in [5, 5.41) is 3.46. The lowest BCUT2D eigenvalue weighted by Gasteiger charge is -2.11. The first-order valence-electron chi connectivity index (χ1n) is 8.90. The van der Waals surface area contributed by atoms with Crippen LogP contribution in [0, 0.1) is 0 Å². The zero-order chi connectivity index (χ0) is 19.3. The average Bonchev–Trinajstić information content (AvgIpc) is 2.73. The second kappa shape index (κ2) is 7.80. The second-order valence-electron chi connectivity index (χ2n) is 6.31. The van der Waals surface area contributed by atoms with E-state index in [1.807, 2.05) is 48.5 Å². The summed E-state index contributed by atoms with van der Waals surface area (Å²) in [5.41, 5.74) is 1.36. The van der Waals surface area contributed by atoms with Crippen LogP contribution in [0.3, 0.4) is 0 Å². The number of benzene rings is 3. The number of aromatic nitrogens is 1. The number of carbonyl (C=O) groups is 1. The van der Waals surface area contributed by atoms with Crippen molar-refractivity contribution in [3.05, 3.63) is 101 Å². The molecule has 5 nitrogen and oxygen atoms in total. The monoisotopic (exact) mass is 370 g/mol. The normalized spacial score (nSPS) is 10.6. The van der Waals surface area contributed by atoms with Crippen molar-refractivity contribution in [2.75, 3.05) is 5.32 Å². The van der Waals surface area contributed by atoms with Crippen molar-refractivity contribution in [2.24, 2.45) is 0 Å². The van der Waals surface area contributed by atoms with Crippen LogP contribution in [0.1, 0.15) is 0 Å². The highest BCUT2D eigenvalue weighted by atomic mass is 16.5. The number of ether oxygens (including phenoxy) is 1. The third-order valence-corrected chi connectivity index (χ3v) is 4.32. The van der Waals surface area contributed by atoms with E-state index < -0.39 is 0 Å². The number of carbonyl (C=O) groups excluding carboxylic acids is 1. The molecule has 1 amide bonds. The Bertz CT molecular complexity index is 1170. The molecule has 28 heavy (non-hydrogen) atoms. The number of fused-ring (bicyclic) bond motifs is 1. The number of para-hydroxylation sites is 2. The van der Waals surface area contributed by atoms with E-state index in [1.54, 1.807) is 41.1 Å². The molecule has 1 aromatic heterocycles. The highest BCUT2D eigenvalue weighted by molar-refractivity contribution is 5.91. The Balaban J connectivity index is 1.44. The number of hydrogen-bond acceptors (Lipinski definition) is 3. The molecule has 5 heteroatoms. The molecule has 0 bridgehead atoms. The van der Waals surface area contributed by atoms with Gasteiger partial charge in [0, 0.05) is 23.3 Å². The van der Waals surface area contributed by atoms with E-state index >= 15 is 0 Å². The molecule has 4 aromatic rings. The fourth-order valence-corrected chi connectivity index (χ4v) is 2.98. The Morgan fingerprint density at radius 3 is 2.29 bits per heavy atom. The molecule has 138 valence electrons. The molecule has 0 aliphatic heterocycles. The number of hydrogen-bond donors (Lipinski definition) is 1. The van der Waals surface area contributed by atoms with Gasteiger partial charge in [-0.3, -0.25) is 9.59 Å². The average molecular weight is 370 g/mol. The highest BCUT2D eigenvalue weighted by Gasteiger charge is 2.07. The molecule has 0 aliphatic carbocycles. The maximum atomic E-state index is 12.4. The number of nitrogens with zero attached hydrogens (tertiary/aromatic N) is 1. The van der Waals surface area contributed by atoms with Crippen LogP contribution in [0.5, 0.6) is 11.5 Å². The maximum Gasteiger partial charge on any atom is 0.244 e. The van der Waals surface area contributed by atoms with E-state index in [4.69, 9.17) is 4.74 Å². The van der Waals surface area contributed by atoms with E-state index in [9.17, 15) is 9.59 Å². The summed E-state index contributed by atoms with van der Waals surface area (Å²) < 4.78 is 7.51. The number of anilines is 1. The third-order valence-electron chi connectivity index (χ3n) is 4.32. The predicted molar refractivity (Wildman–Crippen MR) is 110 cm³/mol. The molecule has 1 N–H and O–H groups in total. The summed E-state index contributed by atoms with van der Waals surface area (Å²) in [6.07, 6.45) is 1.64. The molecule has 0 saturated heterocycles. The minimum Gasteiger partial charge on any atom is -0.457 e. The Labute approximate surface area is 161 Å². The standard InChI is InChI=1S/C23H18N2O3/c26-22-14-15-25(21-9-5-4-8-20(21)22)16-23(27)24-17-10-12-19(13-11-17)28-18-6-2-1-3-7-18/h1-15H,16H2,(H,24,27). The zero-order valence-corrected chi connectivity index (χ0v) is 15.0. The summed E-state index contributed by atoms with van der Waals surface area (Å²) in [5.74, 6) is 1.27. The van der Waals surface area contributed by atoms with Crippen molar-refractivity contribution in [3.63, 3.8) is 0 Å². The maximum absolute atomic E-state index is 12.4. The molecule has 0 fully saturated rings. The van der Waals surface area contributed by atoms with Gasteiger partial charge < -0.3 is 14.6 Å². The Morgan fingerprint density at radius 1 is 0.821 bits per heavy atom. The van der Waals surface area contributed by atoms with Gasteiger partial charge in [0.05, 0.1) is 5.52 Å². The zero-order valence-electron chi connectivity index (χ0n) is 15.0. The number of rotatable bonds is 5. The van der Waals surface area contributed by atoms with Gasteiger partial charge in [-0.2, -0.15) is 0 Å². The minimum atomic E-state index is -0.175. The van der Waals surface area contributed by atoms with Crippen LogP contribution in [0.4, 0.5) is 5.69 Å². The van der Waals surface area contributed by atoms with E-state index in [0.717, 1.165) is 11.3 Å². The molecule has 0 saturated carbocycles. The first kappa shape index (κ1) is 17.5. The first-order chi connectivity index (χ1) is 13.7. The lowest BCUT2D eigenvalue weighted by molar-refractivity contribution is -0.116. The van der Waals surface area contributed by atoms with Crippen molar-refractivity contribution >= 4 is 22.5 Å². The molecule has 0 spiro atoms. The molecular weight excluding hydrogens is 352 g/mol. The second-order valence-corrected chi connectivity index (χ2v) is 6.31. The summed E-state index contributed by atoms with van der Waals surface area (Å²) in [6, 6.07) is 25.4. The van der Waals surface area contributed by atoms with Crippen LogP contribution in [-0.4, -0.2) is 10.5 Å². The fraction of sp³-hybridized carbons (Fsp3) is 0.0435. The number of nitrogens with one attached hydrogen (secondary N) is 1. The van der Waals surface area contributed by atoms with Gasteiger partial charge in [0.2, 0.25) is 5.91 Å². The number of pyridine rings is 1. The quantitative estimate of drug-likeness (QED) is 0.565. The Hall–Kier alpha value is -3.86. The van der Waals surface area contributed by atoms with Gasteiger partial charge in [0.15, 0.2) is 5.43 Å². The summed E-state index contributed by atoms with van der Waals surface area (Å²) in [7, 11) is 0. The Kier molecular flexibility index (Phi) is 4.89. The largest absolute Gasteiger partial charge is 0.457 e. The predicted octanol–water partition coefficient (Wildman–Crippen LogP) is 4.43. The third kappa shape index (κ3) is 3.94. The van der Waals surface area contributed by atoms with Crippen LogP contribution in [0.15, 0.2) is 95.9 Å². The van der Waals surface area contributed by atoms with Crippen LogP contribution in [-0.2, 0) is 11.3 Å².